The summed E-state index contributed by atoms with van der Waals surface area (Å²) in [6, 6.07) is 11.1. The minimum absolute atomic E-state index is 0.157. The summed E-state index contributed by atoms with van der Waals surface area (Å²) in [6.07, 6.45) is -4.58. The van der Waals surface area contributed by atoms with Gasteiger partial charge in [0.25, 0.3) is 5.91 Å². The second-order valence-corrected chi connectivity index (χ2v) is 5.82. The summed E-state index contributed by atoms with van der Waals surface area (Å²) in [5.74, 6) is -1.03. The number of alkyl halides is 3. The zero-order valence-electron chi connectivity index (χ0n) is 14.2. The molecule has 2 aromatic carbocycles. The molecule has 0 saturated carbocycles. The fraction of sp³-hybridized carbons (Fsp3) is 0.222. The van der Waals surface area contributed by atoms with Crippen molar-refractivity contribution in [2.45, 2.75) is 12.6 Å². The lowest BCUT2D eigenvalue weighted by molar-refractivity contribution is -0.137. The van der Waals surface area contributed by atoms with Crippen LogP contribution in [0.2, 0.25) is 0 Å². The maximum absolute atomic E-state index is 12.5. The SMILES string of the molecule is CN(C)c1cccc(C(=O)NNC(=O)Cc2ccc(C(F)(F)F)cc2)c1. The number of hydrogen-bond acceptors (Lipinski definition) is 3. The molecule has 2 N–H and O–H groups in total. The first kappa shape index (κ1) is 19.3. The van der Waals surface area contributed by atoms with Gasteiger partial charge < -0.3 is 4.90 Å². The Balaban J connectivity index is 1.90. The highest BCUT2D eigenvalue weighted by molar-refractivity contribution is 5.96. The lowest BCUT2D eigenvalue weighted by atomic mass is 10.1. The van der Waals surface area contributed by atoms with E-state index in [4.69, 9.17) is 0 Å². The molecule has 0 bridgehead atoms. The third-order valence-corrected chi connectivity index (χ3v) is 3.59. The average molecular weight is 365 g/mol. The van der Waals surface area contributed by atoms with Gasteiger partial charge in [-0.05, 0) is 35.9 Å². The Morgan fingerprint density at radius 2 is 1.65 bits per heavy atom. The highest BCUT2D eigenvalue weighted by atomic mass is 19.4. The van der Waals surface area contributed by atoms with E-state index < -0.39 is 23.6 Å². The minimum Gasteiger partial charge on any atom is -0.378 e. The summed E-state index contributed by atoms with van der Waals surface area (Å²) in [6.45, 7) is 0. The van der Waals surface area contributed by atoms with E-state index in [0.29, 0.717) is 11.1 Å². The Morgan fingerprint density at radius 3 is 2.23 bits per heavy atom. The van der Waals surface area contributed by atoms with Gasteiger partial charge in [-0.3, -0.25) is 20.4 Å². The third kappa shape index (κ3) is 5.23. The van der Waals surface area contributed by atoms with E-state index in [1.807, 2.05) is 25.1 Å². The molecule has 0 spiro atoms. The second-order valence-electron chi connectivity index (χ2n) is 5.82. The number of rotatable bonds is 4. The van der Waals surface area contributed by atoms with Crippen LogP contribution in [0.25, 0.3) is 0 Å². The molecule has 0 unspecified atom stereocenters. The van der Waals surface area contributed by atoms with E-state index in [9.17, 15) is 22.8 Å². The molecule has 138 valence electrons. The number of anilines is 1. The van der Waals surface area contributed by atoms with Crippen LogP contribution in [0.15, 0.2) is 48.5 Å². The Bertz CT molecular complexity index is 787. The van der Waals surface area contributed by atoms with Gasteiger partial charge in [0.15, 0.2) is 0 Å². The first-order valence-electron chi connectivity index (χ1n) is 7.69. The highest BCUT2D eigenvalue weighted by Gasteiger charge is 2.29. The standard InChI is InChI=1S/C18H18F3N3O2/c1-24(2)15-5-3-4-13(11-15)17(26)23-22-16(25)10-12-6-8-14(9-7-12)18(19,20)21/h3-9,11H,10H2,1-2H3,(H,22,25)(H,23,26). The first-order chi connectivity index (χ1) is 12.2. The molecular weight excluding hydrogens is 347 g/mol. The summed E-state index contributed by atoms with van der Waals surface area (Å²) in [4.78, 5) is 25.7. The van der Waals surface area contributed by atoms with Crippen molar-refractivity contribution >= 4 is 17.5 Å². The normalized spacial score (nSPS) is 11.0. The van der Waals surface area contributed by atoms with Gasteiger partial charge in [0.2, 0.25) is 5.91 Å². The van der Waals surface area contributed by atoms with Crippen LogP contribution in [-0.2, 0) is 17.4 Å². The Kier molecular flexibility index (Phi) is 5.86. The largest absolute Gasteiger partial charge is 0.416 e. The van der Waals surface area contributed by atoms with Gasteiger partial charge in [-0.1, -0.05) is 18.2 Å². The number of halogens is 3. The third-order valence-electron chi connectivity index (χ3n) is 3.59. The van der Waals surface area contributed by atoms with Crippen LogP contribution in [0.1, 0.15) is 21.5 Å². The topological polar surface area (TPSA) is 61.4 Å². The molecule has 2 amide bonds. The molecule has 2 aromatic rings. The van der Waals surface area contributed by atoms with Crippen LogP contribution < -0.4 is 15.8 Å². The summed E-state index contributed by atoms with van der Waals surface area (Å²) in [7, 11) is 3.67. The van der Waals surface area contributed by atoms with Gasteiger partial charge in [0.05, 0.1) is 12.0 Å². The molecular formula is C18H18F3N3O2. The lowest BCUT2D eigenvalue weighted by Crippen LogP contribution is -2.42. The highest BCUT2D eigenvalue weighted by Crippen LogP contribution is 2.29. The number of nitrogens with zero attached hydrogens (tertiary/aromatic N) is 1. The number of hydrazine groups is 1. The number of benzene rings is 2. The van der Waals surface area contributed by atoms with E-state index in [1.165, 1.54) is 12.1 Å². The van der Waals surface area contributed by atoms with Crippen LogP contribution >= 0.6 is 0 Å². The van der Waals surface area contributed by atoms with Crippen molar-refractivity contribution in [1.82, 2.24) is 10.9 Å². The molecule has 0 aliphatic rings. The fourth-order valence-electron chi connectivity index (χ4n) is 2.17. The number of carbonyl (C=O) groups is 2. The number of nitrogens with one attached hydrogen (secondary N) is 2. The molecule has 0 aliphatic heterocycles. The molecule has 8 heteroatoms. The molecule has 5 nitrogen and oxygen atoms in total. The first-order valence-corrected chi connectivity index (χ1v) is 7.69. The molecule has 0 atom stereocenters. The minimum atomic E-state index is -4.42. The Labute approximate surface area is 148 Å². The van der Waals surface area contributed by atoms with Crippen LogP contribution in [0.5, 0.6) is 0 Å². The van der Waals surface area contributed by atoms with E-state index in [1.54, 1.807) is 18.2 Å². The molecule has 26 heavy (non-hydrogen) atoms. The van der Waals surface area contributed by atoms with Crippen molar-refractivity contribution in [3.05, 3.63) is 65.2 Å². The van der Waals surface area contributed by atoms with Crippen LogP contribution in [0.4, 0.5) is 18.9 Å². The quantitative estimate of drug-likeness (QED) is 0.819. The van der Waals surface area contributed by atoms with Gasteiger partial charge >= 0.3 is 6.18 Å². The van der Waals surface area contributed by atoms with Gasteiger partial charge in [0.1, 0.15) is 0 Å². The predicted molar refractivity (Wildman–Crippen MR) is 91.5 cm³/mol. The van der Waals surface area contributed by atoms with Gasteiger partial charge in [0, 0.05) is 25.3 Å². The molecule has 0 aliphatic carbocycles. The molecule has 0 radical (unpaired) electrons. The number of amides is 2. The maximum Gasteiger partial charge on any atom is 0.416 e. The van der Waals surface area contributed by atoms with E-state index in [2.05, 4.69) is 10.9 Å². The van der Waals surface area contributed by atoms with E-state index >= 15 is 0 Å². The van der Waals surface area contributed by atoms with Crippen molar-refractivity contribution in [1.29, 1.82) is 0 Å². The average Bonchev–Trinajstić information content (AvgIpc) is 2.59. The lowest BCUT2D eigenvalue weighted by Gasteiger charge is -2.13. The number of hydrogen-bond donors (Lipinski definition) is 2. The van der Waals surface area contributed by atoms with E-state index in [0.717, 1.165) is 17.8 Å². The summed E-state index contributed by atoms with van der Waals surface area (Å²) in [5.41, 5.74) is 5.35. The van der Waals surface area contributed by atoms with Crippen molar-refractivity contribution in [3.63, 3.8) is 0 Å². The van der Waals surface area contributed by atoms with Crippen LogP contribution in [-0.4, -0.2) is 25.9 Å². The maximum atomic E-state index is 12.5. The van der Waals surface area contributed by atoms with Crippen LogP contribution in [0.3, 0.4) is 0 Å². The van der Waals surface area contributed by atoms with Crippen molar-refractivity contribution in [2.24, 2.45) is 0 Å². The van der Waals surface area contributed by atoms with Crippen molar-refractivity contribution in [2.75, 3.05) is 19.0 Å². The monoisotopic (exact) mass is 365 g/mol. The van der Waals surface area contributed by atoms with Gasteiger partial charge in [-0.15, -0.1) is 0 Å². The number of carbonyl (C=O) groups excluding carboxylic acids is 2. The molecule has 2 rings (SSSR count). The molecule has 0 fully saturated rings. The summed E-state index contributed by atoms with van der Waals surface area (Å²) in [5, 5.41) is 0. The Morgan fingerprint density at radius 1 is 1.00 bits per heavy atom. The summed E-state index contributed by atoms with van der Waals surface area (Å²) >= 11 is 0. The molecule has 0 aromatic heterocycles. The smallest absolute Gasteiger partial charge is 0.378 e. The van der Waals surface area contributed by atoms with Crippen molar-refractivity contribution < 1.29 is 22.8 Å². The Hall–Kier alpha value is -3.03. The zero-order valence-corrected chi connectivity index (χ0v) is 14.2. The zero-order chi connectivity index (χ0) is 19.3. The second kappa shape index (κ2) is 7.90. The molecule has 0 heterocycles. The molecule has 0 saturated heterocycles. The van der Waals surface area contributed by atoms with Crippen molar-refractivity contribution in [3.8, 4) is 0 Å². The summed E-state index contributed by atoms with van der Waals surface area (Å²) < 4.78 is 37.5. The predicted octanol–water partition coefficient (Wildman–Crippen LogP) is 2.78. The fourth-order valence-corrected chi connectivity index (χ4v) is 2.17. The van der Waals surface area contributed by atoms with Crippen LogP contribution in [0, 0.1) is 0 Å². The van der Waals surface area contributed by atoms with Gasteiger partial charge in [-0.25, -0.2) is 0 Å². The van der Waals surface area contributed by atoms with E-state index in [-0.39, 0.29) is 6.42 Å². The van der Waals surface area contributed by atoms with Gasteiger partial charge in [-0.2, -0.15) is 13.2 Å².